The fourth-order valence-electron chi connectivity index (χ4n) is 1.84. The van der Waals surface area contributed by atoms with Crippen molar-refractivity contribution in [2.24, 2.45) is 0 Å². The Morgan fingerprint density at radius 2 is 0.750 bits per heavy atom. The van der Waals surface area contributed by atoms with E-state index >= 15 is 0 Å². The summed E-state index contributed by atoms with van der Waals surface area (Å²) in [6.45, 7) is 28.4. The van der Waals surface area contributed by atoms with Crippen LogP contribution < -0.4 is 0 Å². The van der Waals surface area contributed by atoms with Crippen LogP contribution in [0.2, 0.25) is 0 Å². The Hall–Kier alpha value is -0.320. The van der Waals surface area contributed by atoms with E-state index in [1.54, 1.807) is 0 Å². The lowest BCUT2D eigenvalue weighted by Gasteiger charge is -2.39. The standard InChI is InChI=1S/C24H50O8/c1-19(2,3)27-25-18(26-28-20(4,5)6)24(15,32-30-22(10,11)12)17-16-23(13,14)31-29-21(7,8)9/h18H,16-17H2,1-15H3. The summed E-state index contributed by atoms with van der Waals surface area (Å²) in [7, 11) is 0. The minimum atomic E-state index is -1.11. The lowest BCUT2D eigenvalue weighted by molar-refractivity contribution is -0.546. The molecule has 0 fully saturated rings. The number of rotatable bonds is 12. The summed E-state index contributed by atoms with van der Waals surface area (Å²) in [5.41, 5.74) is -3.84. The monoisotopic (exact) mass is 466 g/mol. The zero-order valence-electron chi connectivity index (χ0n) is 23.3. The van der Waals surface area contributed by atoms with Crippen molar-refractivity contribution < 1.29 is 39.1 Å². The highest BCUT2D eigenvalue weighted by molar-refractivity contribution is 4.82. The summed E-state index contributed by atoms with van der Waals surface area (Å²) in [6.07, 6.45) is -0.0843. The number of hydrogen-bond acceptors (Lipinski definition) is 8. The van der Waals surface area contributed by atoms with Gasteiger partial charge in [-0.15, -0.1) is 0 Å². The predicted octanol–water partition coefficient (Wildman–Crippen LogP) is 6.62. The predicted molar refractivity (Wildman–Crippen MR) is 123 cm³/mol. The molecule has 8 heteroatoms. The molecule has 0 amide bonds. The van der Waals surface area contributed by atoms with Gasteiger partial charge in [0.2, 0.25) is 0 Å². The van der Waals surface area contributed by atoms with Gasteiger partial charge in [-0.25, -0.2) is 29.3 Å². The molecule has 32 heavy (non-hydrogen) atoms. The third-order valence-electron chi connectivity index (χ3n) is 3.49. The first-order valence-corrected chi connectivity index (χ1v) is 11.4. The van der Waals surface area contributed by atoms with Gasteiger partial charge in [-0.2, -0.15) is 9.78 Å². The summed E-state index contributed by atoms with van der Waals surface area (Å²) >= 11 is 0. The third-order valence-corrected chi connectivity index (χ3v) is 3.49. The molecule has 194 valence electrons. The minimum absolute atomic E-state index is 0.426. The van der Waals surface area contributed by atoms with Crippen molar-refractivity contribution >= 4 is 0 Å². The normalized spacial score (nSPS) is 16.5. The molecule has 0 saturated carbocycles. The lowest BCUT2D eigenvalue weighted by atomic mass is 9.92. The molecule has 0 aliphatic rings. The number of hydrogen-bond donors (Lipinski definition) is 0. The minimum Gasteiger partial charge on any atom is -0.230 e. The summed E-state index contributed by atoms with van der Waals surface area (Å²) in [5, 5.41) is 0. The molecule has 0 heterocycles. The van der Waals surface area contributed by atoms with Gasteiger partial charge in [0.1, 0.15) is 0 Å². The van der Waals surface area contributed by atoms with Gasteiger partial charge in [0.05, 0.1) is 28.0 Å². The zero-order valence-corrected chi connectivity index (χ0v) is 23.3. The van der Waals surface area contributed by atoms with Crippen LogP contribution in [0.25, 0.3) is 0 Å². The van der Waals surface area contributed by atoms with Crippen molar-refractivity contribution in [2.75, 3.05) is 0 Å². The zero-order chi connectivity index (χ0) is 25.6. The Bertz CT molecular complexity index is 516. The van der Waals surface area contributed by atoms with E-state index in [0.29, 0.717) is 12.8 Å². The summed E-state index contributed by atoms with van der Waals surface area (Å²) in [6, 6.07) is 0. The summed E-state index contributed by atoms with van der Waals surface area (Å²) in [5.74, 6) is 0. The molecule has 1 unspecified atom stereocenters. The first-order chi connectivity index (χ1) is 13.9. The Morgan fingerprint density at radius 1 is 0.406 bits per heavy atom. The summed E-state index contributed by atoms with van der Waals surface area (Å²) < 4.78 is 0. The van der Waals surface area contributed by atoms with Crippen molar-refractivity contribution in [3.05, 3.63) is 0 Å². The fourth-order valence-corrected chi connectivity index (χ4v) is 1.84. The molecule has 0 spiro atoms. The van der Waals surface area contributed by atoms with Gasteiger partial charge < -0.3 is 0 Å². The van der Waals surface area contributed by atoms with Crippen molar-refractivity contribution in [2.45, 2.75) is 157 Å². The van der Waals surface area contributed by atoms with E-state index in [0.717, 1.165) is 0 Å². The molecule has 0 aromatic rings. The van der Waals surface area contributed by atoms with Crippen molar-refractivity contribution in [3.8, 4) is 0 Å². The van der Waals surface area contributed by atoms with E-state index in [1.807, 2.05) is 104 Å². The topological polar surface area (TPSA) is 73.8 Å². The van der Waals surface area contributed by atoms with Gasteiger partial charge in [0, 0.05) is 0 Å². The van der Waals surface area contributed by atoms with Gasteiger partial charge in [-0.05, 0) is 117 Å². The van der Waals surface area contributed by atoms with Gasteiger partial charge in [0.15, 0.2) is 5.60 Å². The highest BCUT2D eigenvalue weighted by atomic mass is 17.3. The van der Waals surface area contributed by atoms with Crippen molar-refractivity contribution in [1.82, 2.24) is 0 Å². The van der Waals surface area contributed by atoms with Crippen LogP contribution in [-0.2, 0) is 39.1 Å². The Balaban J connectivity index is 5.68. The molecule has 0 aliphatic carbocycles. The van der Waals surface area contributed by atoms with E-state index in [-0.39, 0.29) is 0 Å². The molecule has 0 aromatic carbocycles. The Labute approximate surface area is 196 Å². The van der Waals surface area contributed by atoms with Crippen LogP contribution in [0.5, 0.6) is 0 Å². The fraction of sp³-hybridized carbons (Fsp3) is 1.00. The van der Waals surface area contributed by atoms with Gasteiger partial charge in [0.25, 0.3) is 6.29 Å². The Morgan fingerprint density at radius 3 is 1.09 bits per heavy atom. The van der Waals surface area contributed by atoms with Gasteiger partial charge >= 0.3 is 0 Å². The molecule has 0 N–H and O–H groups in total. The molecule has 0 saturated heterocycles. The molecular formula is C24H50O8. The van der Waals surface area contributed by atoms with Crippen LogP contribution in [0.3, 0.4) is 0 Å². The van der Waals surface area contributed by atoms with E-state index in [1.165, 1.54) is 0 Å². The summed E-state index contributed by atoms with van der Waals surface area (Å²) in [4.78, 5) is 45.3. The molecule has 0 radical (unpaired) electrons. The van der Waals surface area contributed by atoms with E-state index < -0.39 is 39.9 Å². The average molecular weight is 467 g/mol. The third kappa shape index (κ3) is 16.3. The smallest absolute Gasteiger partial charge is 0.230 e. The Kier molecular flexibility index (Phi) is 11.3. The maximum absolute atomic E-state index is 5.92. The highest BCUT2D eigenvalue weighted by Gasteiger charge is 2.45. The molecule has 0 aliphatic heterocycles. The van der Waals surface area contributed by atoms with Crippen molar-refractivity contribution in [3.63, 3.8) is 0 Å². The lowest BCUT2D eigenvalue weighted by Crippen LogP contribution is -2.49. The second kappa shape index (κ2) is 11.4. The highest BCUT2D eigenvalue weighted by Crippen LogP contribution is 2.34. The van der Waals surface area contributed by atoms with E-state index in [2.05, 4.69) is 0 Å². The van der Waals surface area contributed by atoms with Crippen LogP contribution >= 0.6 is 0 Å². The average Bonchev–Trinajstić information content (AvgIpc) is 2.53. The van der Waals surface area contributed by atoms with Crippen LogP contribution in [0.15, 0.2) is 0 Å². The largest absolute Gasteiger partial charge is 0.255 e. The SMILES string of the molecule is CC(C)(C)OOC(OOC(C)(C)C)C(C)(CCC(C)(C)OOC(C)(C)C)OOC(C)(C)C. The van der Waals surface area contributed by atoms with Crippen LogP contribution in [0.1, 0.15) is 117 Å². The molecule has 0 rings (SSSR count). The van der Waals surface area contributed by atoms with Crippen LogP contribution in [0.4, 0.5) is 0 Å². The first kappa shape index (κ1) is 31.7. The maximum atomic E-state index is 5.92. The second-order valence-corrected chi connectivity index (χ2v) is 13.0. The quantitative estimate of drug-likeness (QED) is 0.180. The van der Waals surface area contributed by atoms with E-state index in [4.69, 9.17) is 39.1 Å². The van der Waals surface area contributed by atoms with Crippen LogP contribution in [-0.4, -0.2) is 39.9 Å². The molecule has 8 nitrogen and oxygen atoms in total. The molecule has 0 aromatic heterocycles. The first-order valence-electron chi connectivity index (χ1n) is 11.4. The molecule has 0 bridgehead atoms. The van der Waals surface area contributed by atoms with E-state index in [9.17, 15) is 0 Å². The van der Waals surface area contributed by atoms with Crippen molar-refractivity contribution in [1.29, 1.82) is 0 Å². The molecule has 1 atom stereocenters. The molecular weight excluding hydrogens is 416 g/mol. The maximum Gasteiger partial charge on any atom is 0.255 e. The van der Waals surface area contributed by atoms with Gasteiger partial charge in [-0.3, -0.25) is 0 Å². The second-order valence-electron chi connectivity index (χ2n) is 13.0. The van der Waals surface area contributed by atoms with Gasteiger partial charge in [-0.1, -0.05) is 0 Å². The van der Waals surface area contributed by atoms with Crippen LogP contribution in [0, 0.1) is 0 Å².